The summed E-state index contributed by atoms with van der Waals surface area (Å²) in [4.78, 5) is 32.0. The molecule has 1 atom stereocenters. The van der Waals surface area contributed by atoms with Crippen LogP contribution >= 0.6 is 11.6 Å². The minimum atomic E-state index is -1.14. The fraction of sp³-hybridized carbons (Fsp3) is 0.833. The summed E-state index contributed by atoms with van der Waals surface area (Å²) < 4.78 is 4.95. The molecule has 0 bridgehead atoms. The van der Waals surface area contributed by atoms with E-state index in [-0.39, 0.29) is 6.10 Å². The lowest BCUT2D eigenvalue weighted by molar-refractivity contribution is -0.373. The van der Waals surface area contributed by atoms with Crippen LogP contribution in [0.25, 0.3) is 0 Å². The molecule has 0 aromatic rings. The van der Waals surface area contributed by atoms with Crippen LogP contribution in [-0.4, -0.2) is 28.5 Å². The number of hydrogen-bond donors (Lipinski definition) is 0. The average Bonchev–Trinajstić information content (AvgIpc) is 2.11. The molecule has 5 nitrogen and oxygen atoms in total. The molecule has 0 amide bonds. The van der Waals surface area contributed by atoms with Gasteiger partial charge in [-0.1, -0.05) is 0 Å². The number of carbonyl (C=O) groups excluding carboxylic acids is 2. The first-order valence-electron chi connectivity index (χ1n) is 5.70. The highest BCUT2D eigenvalue weighted by Crippen LogP contribution is 2.20. The van der Waals surface area contributed by atoms with Crippen molar-refractivity contribution < 1.29 is 24.1 Å². The molecule has 18 heavy (non-hydrogen) atoms. The summed E-state index contributed by atoms with van der Waals surface area (Å²) in [6.45, 7) is 10.7. The van der Waals surface area contributed by atoms with Crippen molar-refractivity contribution in [2.24, 2.45) is 0 Å². The van der Waals surface area contributed by atoms with E-state index in [4.69, 9.17) is 26.1 Å². The Morgan fingerprint density at radius 2 is 1.67 bits per heavy atom. The fourth-order valence-electron chi connectivity index (χ4n) is 1.29. The molecule has 0 radical (unpaired) electrons. The first-order chi connectivity index (χ1) is 7.93. The molecule has 0 saturated heterocycles. The maximum atomic E-state index is 11.1. The van der Waals surface area contributed by atoms with Crippen LogP contribution < -0.4 is 0 Å². The maximum absolute atomic E-state index is 11.1. The molecule has 0 aromatic carbocycles. The van der Waals surface area contributed by atoms with Crippen molar-refractivity contribution >= 4 is 22.8 Å². The Bertz CT molecular complexity index is 306. The Hall–Kier alpha value is -0.650. The number of rotatable bonds is 6. The quantitative estimate of drug-likeness (QED) is 0.246. The molecule has 106 valence electrons. The van der Waals surface area contributed by atoms with Crippen LogP contribution in [0.1, 0.15) is 48.0 Å². The van der Waals surface area contributed by atoms with Crippen LogP contribution in [-0.2, 0) is 24.1 Å². The van der Waals surface area contributed by atoms with Crippen LogP contribution in [0.5, 0.6) is 0 Å². The first-order valence-corrected chi connectivity index (χ1v) is 6.08. The van der Waals surface area contributed by atoms with Crippen molar-refractivity contribution in [1.29, 1.82) is 0 Å². The first kappa shape index (κ1) is 17.4. The largest absolute Gasteiger partial charge is 0.453 e. The molecule has 0 aliphatic carbocycles. The Morgan fingerprint density at radius 1 is 1.17 bits per heavy atom. The molecule has 0 saturated carbocycles. The van der Waals surface area contributed by atoms with Gasteiger partial charge in [0.05, 0.1) is 11.7 Å². The Morgan fingerprint density at radius 3 is 2.06 bits per heavy atom. The van der Waals surface area contributed by atoms with E-state index in [1.165, 1.54) is 0 Å². The van der Waals surface area contributed by atoms with E-state index in [2.05, 4.69) is 0 Å². The van der Waals surface area contributed by atoms with E-state index in [0.29, 0.717) is 6.42 Å². The Labute approximate surface area is 113 Å². The second-order valence-electron chi connectivity index (χ2n) is 5.73. The predicted octanol–water partition coefficient (Wildman–Crippen LogP) is 2.60. The zero-order valence-electron chi connectivity index (χ0n) is 11.7. The maximum Gasteiger partial charge on any atom is 0.391 e. The standard InChI is InChI=1S/C12H21ClO5/c1-8(17-18-11(2,3)4)7-12(5,6)16-10(15)9(13)14/h8H,7H2,1-6H3. The third kappa shape index (κ3) is 8.44. The van der Waals surface area contributed by atoms with Crippen molar-refractivity contribution in [1.82, 2.24) is 0 Å². The minimum absolute atomic E-state index is 0.294. The smallest absolute Gasteiger partial charge is 0.391 e. The molecule has 6 heteroatoms. The molecular weight excluding hydrogens is 260 g/mol. The molecule has 0 N–H and O–H groups in total. The normalized spacial score (nSPS) is 14.2. The summed E-state index contributed by atoms with van der Waals surface area (Å²) in [7, 11) is 0. The van der Waals surface area contributed by atoms with Crippen LogP contribution in [0, 0.1) is 0 Å². The van der Waals surface area contributed by atoms with E-state index in [1.54, 1.807) is 20.8 Å². The van der Waals surface area contributed by atoms with Crippen LogP contribution in [0.3, 0.4) is 0 Å². The lowest BCUT2D eigenvalue weighted by atomic mass is 10.0. The van der Waals surface area contributed by atoms with Gasteiger partial charge in [0.25, 0.3) is 0 Å². The van der Waals surface area contributed by atoms with Gasteiger partial charge in [0.15, 0.2) is 0 Å². The topological polar surface area (TPSA) is 61.8 Å². The van der Waals surface area contributed by atoms with Gasteiger partial charge in [0, 0.05) is 6.42 Å². The summed E-state index contributed by atoms with van der Waals surface area (Å²) >= 11 is 5.02. The highest BCUT2D eigenvalue weighted by molar-refractivity contribution is 6.80. The molecule has 0 aromatic heterocycles. The van der Waals surface area contributed by atoms with Gasteiger partial charge in [0.1, 0.15) is 5.60 Å². The van der Waals surface area contributed by atoms with Crippen molar-refractivity contribution in [3.8, 4) is 0 Å². The molecule has 0 aliphatic heterocycles. The third-order valence-corrected chi connectivity index (χ3v) is 1.93. The molecule has 0 fully saturated rings. The third-order valence-electron chi connectivity index (χ3n) is 1.77. The van der Waals surface area contributed by atoms with Crippen LogP contribution in [0.15, 0.2) is 0 Å². The van der Waals surface area contributed by atoms with Crippen molar-refractivity contribution in [2.45, 2.75) is 65.3 Å². The van der Waals surface area contributed by atoms with Gasteiger partial charge in [-0.05, 0) is 53.1 Å². The number of hydrogen-bond acceptors (Lipinski definition) is 5. The van der Waals surface area contributed by atoms with Gasteiger partial charge in [-0.25, -0.2) is 14.6 Å². The lowest BCUT2D eigenvalue weighted by Crippen LogP contribution is -2.35. The molecule has 0 spiro atoms. The molecule has 0 rings (SSSR count). The van der Waals surface area contributed by atoms with Gasteiger partial charge >= 0.3 is 11.2 Å². The van der Waals surface area contributed by atoms with Gasteiger partial charge in [-0.3, -0.25) is 4.79 Å². The SMILES string of the molecule is CC(CC(C)(C)OC(=O)C(=O)Cl)OOC(C)(C)C. The monoisotopic (exact) mass is 280 g/mol. The summed E-state index contributed by atoms with van der Waals surface area (Å²) in [5, 5.41) is -1.14. The van der Waals surface area contributed by atoms with Crippen molar-refractivity contribution in [3.63, 3.8) is 0 Å². The van der Waals surface area contributed by atoms with Crippen molar-refractivity contribution in [2.75, 3.05) is 0 Å². The summed E-state index contributed by atoms with van der Waals surface area (Å²) in [6, 6.07) is 0. The Kier molecular flexibility index (Phi) is 6.26. The average molecular weight is 281 g/mol. The van der Waals surface area contributed by atoms with E-state index in [9.17, 15) is 9.59 Å². The number of esters is 1. The van der Waals surface area contributed by atoms with Gasteiger partial charge in [0.2, 0.25) is 0 Å². The van der Waals surface area contributed by atoms with Gasteiger partial charge < -0.3 is 4.74 Å². The van der Waals surface area contributed by atoms with Crippen molar-refractivity contribution in [3.05, 3.63) is 0 Å². The summed E-state index contributed by atoms with van der Waals surface area (Å²) in [6.07, 6.45) is 0.0800. The highest BCUT2D eigenvalue weighted by atomic mass is 35.5. The van der Waals surface area contributed by atoms with Crippen LogP contribution in [0.4, 0.5) is 0 Å². The summed E-state index contributed by atoms with van der Waals surface area (Å²) in [5.74, 6) is -1.06. The fourth-order valence-corrected chi connectivity index (χ4v) is 1.32. The second-order valence-corrected chi connectivity index (χ2v) is 6.07. The molecule has 1 unspecified atom stereocenters. The van der Waals surface area contributed by atoms with Crippen LogP contribution in [0.2, 0.25) is 0 Å². The Balaban J connectivity index is 4.23. The predicted molar refractivity (Wildman–Crippen MR) is 67.0 cm³/mol. The highest BCUT2D eigenvalue weighted by Gasteiger charge is 2.29. The second kappa shape index (κ2) is 6.50. The van der Waals surface area contributed by atoms with E-state index < -0.39 is 22.4 Å². The summed E-state index contributed by atoms with van der Waals surface area (Å²) in [5.41, 5.74) is -1.27. The zero-order valence-corrected chi connectivity index (χ0v) is 12.5. The molecule has 0 heterocycles. The minimum Gasteiger partial charge on any atom is -0.453 e. The van der Waals surface area contributed by atoms with Gasteiger partial charge in [-0.15, -0.1) is 0 Å². The van der Waals surface area contributed by atoms with E-state index in [0.717, 1.165) is 0 Å². The lowest BCUT2D eigenvalue weighted by Gasteiger charge is -2.28. The van der Waals surface area contributed by atoms with E-state index >= 15 is 0 Å². The van der Waals surface area contributed by atoms with E-state index in [1.807, 2.05) is 20.8 Å². The van der Waals surface area contributed by atoms with Gasteiger partial charge in [-0.2, -0.15) is 0 Å². The number of ether oxygens (including phenoxy) is 1. The number of halogens is 1. The molecular formula is C12H21ClO5. The molecule has 0 aliphatic rings. The zero-order chi connectivity index (χ0) is 14.6. The number of carbonyl (C=O) groups is 2.